The Labute approximate surface area is 72.1 Å². The molecule has 0 aromatic carbocycles. The van der Waals surface area contributed by atoms with Crippen molar-refractivity contribution in [2.45, 2.75) is 13.1 Å². The van der Waals surface area contributed by atoms with Crippen molar-refractivity contribution < 1.29 is 4.48 Å². The zero-order valence-corrected chi connectivity index (χ0v) is 7.23. The number of nitriles is 2. The average Bonchev–Trinajstić information content (AvgIpc) is 2.43. The Hall–Kier alpha value is -1.52. The lowest BCUT2D eigenvalue weighted by Gasteiger charge is -2.25. The molecule has 2 atom stereocenters. The molecule has 1 aliphatic heterocycles. The van der Waals surface area contributed by atoms with Gasteiger partial charge in [0.2, 0.25) is 0 Å². The van der Waals surface area contributed by atoms with E-state index in [0.717, 1.165) is 0 Å². The predicted octanol–water partition coefficient (Wildman–Crippen LogP) is 0.570. The molecule has 2 unspecified atom stereocenters. The molecule has 1 aliphatic rings. The third kappa shape index (κ3) is 0.939. The second kappa shape index (κ2) is 2.84. The number of hydrogen-bond acceptors (Lipinski definition) is 3. The van der Waals surface area contributed by atoms with Gasteiger partial charge in [0, 0.05) is 7.05 Å². The molecule has 4 heteroatoms. The van der Waals surface area contributed by atoms with Crippen LogP contribution < -0.4 is 0 Å². The zero-order valence-electron chi connectivity index (χ0n) is 7.23. The minimum Gasteiger partial charge on any atom is -0.314 e. The Bertz CT molecular complexity index is 282. The molecular weight excluding hydrogens is 152 g/mol. The van der Waals surface area contributed by atoms with E-state index in [-0.39, 0.29) is 10.6 Å². The van der Waals surface area contributed by atoms with Gasteiger partial charge in [-0.05, 0) is 6.92 Å². The van der Waals surface area contributed by atoms with Crippen molar-refractivity contribution in [2.75, 3.05) is 13.6 Å². The molecule has 0 saturated carbocycles. The van der Waals surface area contributed by atoms with Crippen molar-refractivity contribution in [3.8, 4) is 12.3 Å². The van der Waals surface area contributed by atoms with Gasteiger partial charge in [-0.25, -0.2) is 0 Å². The molecule has 4 nitrogen and oxygen atoms in total. The number of nitrogens with zero attached hydrogens (tertiary/aromatic N) is 4. The lowest BCUT2D eigenvalue weighted by Crippen LogP contribution is -2.48. The van der Waals surface area contributed by atoms with Crippen molar-refractivity contribution in [3.63, 3.8) is 0 Å². The van der Waals surface area contributed by atoms with E-state index < -0.39 is 0 Å². The van der Waals surface area contributed by atoms with Gasteiger partial charge in [-0.1, -0.05) is 0 Å². The molecule has 0 aromatic heterocycles. The molecule has 0 radical (unpaired) electrons. The number of rotatable bonds is 1. The lowest BCUT2D eigenvalue weighted by molar-refractivity contribution is -0.832. The Balaban J connectivity index is 3.01. The van der Waals surface area contributed by atoms with Crippen LogP contribution in [0.2, 0.25) is 0 Å². The van der Waals surface area contributed by atoms with Crippen LogP contribution >= 0.6 is 0 Å². The first kappa shape index (κ1) is 8.58. The second-order valence-electron chi connectivity index (χ2n) is 2.81. The average molecular weight is 163 g/mol. The van der Waals surface area contributed by atoms with E-state index in [1.54, 1.807) is 24.3 Å². The highest BCUT2D eigenvalue weighted by Gasteiger charge is 2.41. The summed E-state index contributed by atoms with van der Waals surface area (Å²) in [6.07, 6.45) is 5.29. The van der Waals surface area contributed by atoms with E-state index in [1.165, 1.54) is 0 Å². The third-order valence-electron chi connectivity index (χ3n) is 2.21. The predicted molar refractivity (Wildman–Crippen MR) is 42.7 cm³/mol. The summed E-state index contributed by atoms with van der Waals surface area (Å²) in [7, 11) is 1.80. The molecule has 0 N–H and O–H groups in total. The maximum atomic E-state index is 8.93. The molecule has 12 heavy (non-hydrogen) atoms. The topological polar surface area (TPSA) is 50.8 Å². The summed E-state index contributed by atoms with van der Waals surface area (Å²) in [5.41, 5.74) is 0. The molecule has 1 rings (SSSR count). The Morgan fingerprint density at radius 1 is 1.58 bits per heavy atom. The summed E-state index contributed by atoms with van der Waals surface area (Å²) in [5, 5.41) is 17.8. The molecule has 1 heterocycles. The lowest BCUT2D eigenvalue weighted by atomic mass is 10.4. The highest BCUT2D eigenvalue weighted by Crippen LogP contribution is 2.22. The molecule has 0 spiro atoms. The van der Waals surface area contributed by atoms with Gasteiger partial charge in [-0.3, -0.25) is 0 Å². The summed E-state index contributed by atoms with van der Waals surface area (Å²) in [6.45, 7) is 2.52. The van der Waals surface area contributed by atoms with Crippen molar-refractivity contribution in [1.82, 2.24) is 4.90 Å². The first-order chi connectivity index (χ1) is 5.70. The maximum Gasteiger partial charge on any atom is 0.316 e. The molecule has 0 amide bonds. The van der Waals surface area contributed by atoms with Crippen molar-refractivity contribution in [3.05, 3.63) is 12.4 Å². The Morgan fingerprint density at radius 2 is 2.25 bits per heavy atom. The SMILES string of the molecule is CC[N+]1(C#N)C=CN(C)C1C#N. The standard InChI is InChI=1S/C8H11N4/c1-3-12(7-10)5-4-11(2)8(12)6-9/h4-5,8H,3H2,1-2H3/q+1. The van der Waals surface area contributed by atoms with Crippen molar-refractivity contribution in [2.24, 2.45) is 0 Å². The summed E-state index contributed by atoms with van der Waals surface area (Å²) in [6, 6.07) is 2.12. The number of hydrogen-bond donors (Lipinski definition) is 0. The quantitative estimate of drug-likeness (QED) is 0.419. The highest BCUT2D eigenvalue weighted by molar-refractivity contribution is 4.99. The van der Waals surface area contributed by atoms with Crippen LogP contribution in [0.3, 0.4) is 0 Å². The molecular formula is C8H11N4+. The van der Waals surface area contributed by atoms with E-state index in [4.69, 9.17) is 10.5 Å². The smallest absolute Gasteiger partial charge is 0.314 e. The molecule has 0 bridgehead atoms. The first-order valence-electron chi connectivity index (χ1n) is 3.80. The van der Waals surface area contributed by atoms with Gasteiger partial charge in [0.05, 0.1) is 12.7 Å². The fourth-order valence-electron chi connectivity index (χ4n) is 1.34. The van der Waals surface area contributed by atoms with E-state index in [0.29, 0.717) is 6.54 Å². The molecule has 0 aromatic rings. The van der Waals surface area contributed by atoms with E-state index in [2.05, 4.69) is 12.3 Å². The summed E-state index contributed by atoms with van der Waals surface area (Å²) in [5.74, 6) is 0. The minimum absolute atomic E-state index is 0.0764. The van der Waals surface area contributed by atoms with Crippen molar-refractivity contribution >= 4 is 0 Å². The van der Waals surface area contributed by atoms with Gasteiger partial charge in [-0.2, -0.15) is 9.74 Å². The fourth-order valence-corrected chi connectivity index (χ4v) is 1.34. The molecule has 0 fully saturated rings. The molecule has 62 valence electrons. The van der Waals surface area contributed by atoms with Gasteiger partial charge >= 0.3 is 6.19 Å². The number of quaternary nitrogens is 1. The zero-order chi connectivity index (χ0) is 9.19. The summed E-state index contributed by atoms with van der Waals surface area (Å²) >= 11 is 0. The second-order valence-corrected chi connectivity index (χ2v) is 2.81. The Kier molecular flexibility index (Phi) is 2.03. The van der Waals surface area contributed by atoms with Crippen molar-refractivity contribution in [1.29, 1.82) is 10.5 Å². The van der Waals surface area contributed by atoms with Crippen LogP contribution in [0.25, 0.3) is 0 Å². The van der Waals surface area contributed by atoms with Crippen LogP contribution in [0.15, 0.2) is 12.4 Å². The maximum absolute atomic E-state index is 8.93. The Morgan fingerprint density at radius 3 is 2.58 bits per heavy atom. The van der Waals surface area contributed by atoms with Gasteiger partial charge < -0.3 is 4.90 Å². The van der Waals surface area contributed by atoms with Crippen LogP contribution in [0.4, 0.5) is 0 Å². The van der Waals surface area contributed by atoms with E-state index >= 15 is 0 Å². The normalized spacial score (nSPS) is 33.0. The monoisotopic (exact) mass is 163 g/mol. The molecule has 0 saturated heterocycles. The summed E-state index contributed by atoms with van der Waals surface area (Å²) < 4.78 is 0.0764. The fraction of sp³-hybridized carbons (Fsp3) is 0.500. The molecule has 0 aliphatic carbocycles. The van der Waals surface area contributed by atoms with Crippen LogP contribution in [-0.2, 0) is 0 Å². The van der Waals surface area contributed by atoms with Crippen LogP contribution in [-0.4, -0.2) is 29.1 Å². The third-order valence-corrected chi connectivity index (χ3v) is 2.21. The van der Waals surface area contributed by atoms with Gasteiger partial charge in [0.1, 0.15) is 6.20 Å². The van der Waals surface area contributed by atoms with E-state index in [9.17, 15) is 0 Å². The van der Waals surface area contributed by atoms with Gasteiger partial charge in [0.25, 0.3) is 6.17 Å². The van der Waals surface area contributed by atoms with E-state index in [1.807, 2.05) is 6.92 Å². The van der Waals surface area contributed by atoms with Gasteiger partial charge in [0.15, 0.2) is 6.07 Å². The largest absolute Gasteiger partial charge is 0.316 e. The highest BCUT2D eigenvalue weighted by atomic mass is 15.5. The first-order valence-corrected chi connectivity index (χ1v) is 3.80. The van der Waals surface area contributed by atoms with Crippen LogP contribution in [0.5, 0.6) is 0 Å². The van der Waals surface area contributed by atoms with Crippen LogP contribution in [0.1, 0.15) is 6.92 Å². The minimum atomic E-state index is -0.389. The van der Waals surface area contributed by atoms with Crippen LogP contribution in [0, 0.1) is 22.8 Å². The summed E-state index contributed by atoms with van der Waals surface area (Å²) in [4.78, 5) is 1.76. The van der Waals surface area contributed by atoms with Gasteiger partial charge in [-0.15, -0.1) is 5.26 Å².